The minimum Gasteiger partial charge on any atom is -0.472 e. The number of amides is 1. The van der Waals surface area contributed by atoms with Gasteiger partial charge in [0.15, 0.2) is 0 Å². The van der Waals surface area contributed by atoms with E-state index in [-0.39, 0.29) is 17.4 Å². The number of rotatable bonds is 3. The molecule has 0 aliphatic carbocycles. The summed E-state index contributed by atoms with van der Waals surface area (Å²) in [6.45, 7) is 5.74. The molecule has 1 fully saturated rings. The van der Waals surface area contributed by atoms with E-state index in [9.17, 15) is 4.79 Å². The third kappa shape index (κ3) is 2.88. The molecule has 1 amide bonds. The Morgan fingerprint density at radius 3 is 3.12 bits per heavy atom. The van der Waals surface area contributed by atoms with Crippen molar-refractivity contribution >= 4 is 5.91 Å². The minimum absolute atomic E-state index is 0.0265. The van der Waals surface area contributed by atoms with E-state index in [1.807, 2.05) is 6.07 Å². The number of carbonyl (C=O) groups is 1. The highest BCUT2D eigenvalue weighted by atomic mass is 16.3. The summed E-state index contributed by atoms with van der Waals surface area (Å²) in [4.78, 5) is 12.1. The maximum Gasteiger partial charge on any atom is 0.237 e. The van der Waals surface area contributed by atoms with Gasteiger partial charge in [-0.15, -0.1) is 0 Å². The van der Waals surface area contributed by atoms with Crippen LogP contribution in [0.25, 0.3) is 0 Å². The van der Waals surface area contributed by atoms with Gasteiger partial charge in [-0.3, -0.25) is 4.79 Å². The molecule has 1 aliphatic rings. The van der Waals surface area contributed by atoms with Gasteiger partial charge in [-0.1, -0.05) is 13.8 Å². The summed E-state index contributed by atoms with van der Waals surface area (Å²) >= 11 is 0. The van der Waals surface area contributed by atoms with Gasteiger partial charge in [0.25, 0.3) is 0 Å². The van der Waals surface area contributed by atoms with Crippen LogP contribution in [-0.4, -0.2) is 18.5 Å². The standard InChI is InChI=1S/C13H20N2O2/c1-13(2)5-3-6-14-11(13)12(16)15-8-10-4-7-17-9-10/h4,7,9,11,14H,3,5-6,8H2,1-2H3,(H,15,16). The molecule has 17 heavy (non-hydrogen) atoms. The topological polar surface area (TPSA) is 54.3 Å². The third-order valence-corrected chi connectivity index (χ3v) is 3.44. The van der Waals surface area contributed by atoms with E-state index in [4.69, 9.17) is 4.42 Å². The zero-order chi connectivity index (χ0) is 12.3. The Hall–Kier alpha value is -1.29. The smallest absolute Gasteiger partial charge is 0.237 e. The highest BCUT2D eigenvalue weighted by Gasteiger charge is 2.36. The molecule has 2 heterocycles. The van der Waals surface area contributed by atoms with Crippen LogP contribution in [0.1, 0.15) is 32.3 Å². The summed E-state index contributed by atoms with van der Waals surface area (Å²) in [6.07, 6.45) is 5.49. The average molecular weight is 236 g/mol. The van der Waals surface area contributed by atoms with Crippen molar-refractivity contribution in [2.24, 2.45) is 5.41 Å². The summed E-state index contributed by atoms with van der Waals surface area (Å²) in [7, 11) is 0. The van der Waals surface area contributed by atoms with Crippen molar-refractivity contribution in [2.75, 3.05) is 6.54 Å². The second-order valence-electron chi connectivity index (χ2n) is 5.33. The van der Waals surface area contributed by atoms with Gasteiger partial charge in [0.2, 0.25) is 5.91 Å². The Bertz CT molecular complexity index is 371. The summed E-state index contributed by atoms with van der Waals surface area (Å²) in [5.41, 5.74) is 1.02. The van der Waals surface area contributed by atoms with Gasteiger partial charge in [0, 0.05) is 12.1 Å². The lowest BCUT2D eigenvalue weighted by Crippen LogP contribution is -2.55. The van der Waals surface area contributed by atoms with Gasteiger partial charge in [-0.25, -0.2) is 0 Å². The Balaban J connectivity index is 1.90. The van der Waals surface area contributed by atoms with E-state index in [0.29, 0.717) is 6.54 Å². The molecule has 1 aliphatic heterocycles. The van der Waals surface area contributed by atoms with E-state index in [2.05, 4.69) is 24.5 Å². The fraction of sp³-hybridized carbons (Fsp3) is 0.615. The molecule has 1 saturated heterocycles. The summed E-state index contributed by atoms with van der Waals surface area (Å²) in [5.74, 6) is 0.0795. The van der Waals surface area contributed by atoms with Crippen LogP contribution in [0.5, 0.6) is 0 Å². The molecule has 1 aromatic heterocycles. The molecule has 0 aromatic carbocycles. The van der Waals surface area contributed by atoms with Crippen molar-refractivity contribution in [3.05, 3.63) is 24.2 Å². The molecule has 2 N–H and O–H groups in total. The lowest BCUT2D eigenvalue weighted by molar-refractivity contribution is -0.126. The molecule has 1 aromatic rings. The van der Waals surface area contributed by atoms with Gasteiger partial charge in [0.05, 0.1) is 18.6 Å². The number of furan rings is 1. The first kappa shape index (κ1) is 12.2. The molecule has 1 atom stereocenters. The van der Waals surface area contributed by atoms with Crippen LogP contribution in [-0.2, 0) is 11.3 Å². The van der Waals surface area contributed by atoms with E-state index < -0.39 is 0 Å². The highest BCUT2D eigenvalue weighted by Crippen LogP contribution is 2.30. The number of hydrogen-bond acceptors (Lipinski definition) is 3. The quantitative estimate of drug-likeness (QED) is 0.839. The van der Waals surface area contributed by atoms with Crippen LogP contribution in [0.2, 0.25) is 0 Å². The molecular weight excluding hydrogens is 216 g/mol. The van der Waals surface area contributed by atoms with Crippen LogP contribution in [0.4, 0.5) is 0 Å². The molecule has 4 heteroatoms. The van der Waals surface area contributed by atoms with Crippen molar-refractivity contribution < 1.29 is 9.21 Å². The first-order chi connectivity index (χ1) is 8.09. The van der Waals surface area contributed by atoms with Crippen molar-refractivity contribution in [3.63, 3.8) is 0 Å². The molecule has 0 radical (unpaired) electrons. The fourth-order valence-corrected chi connectivity index (χ4v) is 2.34. The zero-order valence-electron chi connectivity index (χ0n) is 10.5. The third-order valence-electron chi connectivity index (χ3n) is 3.44. The number of piperidine rings is 1. The second-order valence-corrected chi connectivity index (χ2v) is 5.33. The highest BCUT2D eigenvalue weighted by molar-refractivity contribution is 5.82. The lowest BCUT2D eigenvalue weighted by atomic mass is 9.77. The summed E-state index contributed by atoms with van der Waals surface area (Å²) in [5, 5.41) is 6.25. The molecular formula is C13H20N2O2. The van der Waals surface area contributed by atoms with Gasteiger partial charge >= 0.3 is 0 Å². The van der Waals surface area contributed by atoms with Gasteiger partial charge in [-0.2, -0.15) is 0 Å². The Morgan fingerprint density at radius 1 is 1.65 bits per heavy atom. The molecule has 4 nitrogen and oxygen atoms in total. The van der Waals surface area contributed by atoms with E-state index >= 15 is 0 Å². The first-order valence-electron chi connectivity index (χ1n) is 6.12. The van der Waals surface area contributed by atoms with Gasteiger partial charge < -0.3 is 15.1 Å². The predicted octanol–water partition coefficient (Wildman–Crippen LogP) is 1.67. The van der Waals surface area contributed by atoms with E-state index in [1.165, 1.54) is 0 Å². The summed E-state index contributed by atoms with van der Waals surface area (Å²) < 4.78 is 4.97. The normalized spacial score (nSPS) is 23.3. The van der Waals surface area contributed by atoms with Crippen molar-refractivity contribution in [1.29, 1.82) is 0 Å². The van der Waals surface area contributed by atoms with Gasteiger partial charge in [-0.05, 0) is 30.9 Å². The molecule has 0 bridgehead atoms. The second kappa shape index (κ2) is 4.92. The van der Waals surface area contributed by atoms with Crippen molar-refractivity contribution in [3.8, 4) is 0 Å². The van der Waals surface area contributed by atoms with Crippen molar-refractivity contribution in [2.45, 2.75) is 39.3 Å². The zero-order valence-corrected chi connectivity index (χ0v) is 10.5. The minimum atomic E-state index is -0.0943. The number of carbonyl (C=O) groups excluding carboxylic acids is 1. The van der Waals surface area contributed by atoms with E-state index in [0.717, 1.165) is 24.9 Å². The number of hydrogen-bond donors (Lipinski definition) is 2. The molecule has 94 valence electrons. The lowest BCUT2D eigenvalue weighted by Gasteiger charge is -2.38. The monoisotopic (exact) mass is 236 g/mol. The molecule has 0 saturated carbocycles. The number of nitrogens with one attached hydrogen (secondary N) is 2. The van der Waals surface area contributed by atoms with Crippen LogP contribution < -0.4 is 10.6 Å². The average Bonchev–Trinajstić information content (AvgIpc) is 2.78. The van der Waals surface area contributed by atoms with Crippen LogP contribution in [0.3, 0.4) is 0 Å². The molecule has 2 rings (SSSR count). The largest absolute Gasteiger partial charge is 0.472 e. The van der Waals surface area contributed by atoms with Crippen LogP contribution >= 0.6 is 0 Å². The molecule has 0 spiro atoms. The maximum absolute atomic E-state index is 12.1. The Labute approximate surface area is 102 Å². The van der Waals surface area contributed by atoms with Crippen LogP contribution in [0.15, 0.2) is 23.0 Å². The van der Waals surface area contributed by atoms with Crippen LogP contribution in [0, 0.1) is 5.41 Å². The predicted molar refractivity (Wildman–Crippen MR) is 65.4 cm³/mol. The molecule has 1 unspecified atom stereocenters. The maximum atomic E-state index is 12.1. The van der Waals surface area contributed by atoms with Gasteiger partial charge in [0.1, 0.15) is 0 Å². The Morgan fingerprint density at radius 2 is 2.47 bits per heavy atom. The van der Waals surface area contributed by atoms with Crippen molar-refractivity contribution in [1.82, 2.24) is 10.6 Å². The van der Waals surface area contributed by atoms with E-state index in [1.54, 1.807) is 12.5 Å². The summed E-state index contributed by atoms with van der Waals surface area (Å²) in [6, 6.07) is 1.77. The fourth-order valence-electron chi connectivity index (χ4n) is 2.34. The first-order valence-corrected chi connectivity index (χ1v) is 6.12. The Kier molecular flexibility index (Phi) is 3.52. The SMILES string of the molecule is CC1(C)CCCNC1C(=O)NCc1ccoc1.